The number of aliphatic hydroxyl groups excluding tert-OH is 2. The topological polar surface area (TPSA) is 129 Å². The summed E-state index contributed by atoms with van der Waals surface area (Å²) in [5.41, 5.74) is 6.70. The van der Waals surface area contributed by atoms with Crippen molar-refractivity contribution < 1.29 is 19.7 Å². The molecular weight excluding hydrogens is 338 g/mol. The van der Waals surface area contributed by atoms with Crippen LogP contribution in [-0.2, 0) is 9.47 Å². The molecule has 0 radical (unpaired) electrons. The minimum absolute atomic E-state index is 0.200. The first kappa shape index (κ1) is 17.6. The minimum atomic E-state index is -1.11. The van der Waals surface area contributed by atoms with Crippen molar-refractivity contribution in [3.63, 3.8) is 0 Å². The number of aliphatic hydroxyl groups is 2. The second-order valence-electron chi connectivity index (χ2n) is 7.08. The molecule has 142 valence electrons. The molecular formula is C17H25N5O4. The molecule has 0 aromatic carbocycles. The average molecular weight is 363 g/mol. The summed E-state index contributed by atoms with van der Waals surface area (Å²) in [7, 11) is 0. The number of aromatic nitrogens is 4. The third-order valence-electron chi connectivity index (χ3n) is 5.30. The van der Waals surface area contributed by atoms with Crippen molar-refractivity contribution in [1.82, 2.24) is 19.5 Å². The highest BCUT2D eigenvalue weighted by Gasteiger charge is 2.44. The van der Waals surface area contributed by atoms with Gasteiger partial charge in [-0.25, -0.2) is 15.0 Å². The second kappa shape index (κ2) is 7.43. The van der Waals surface area contributed by atoms with Gasteiger partial charge in [-0.3, -0.25) is 4.57 Å². The van der Waals surface area contributed by atoms with Crippen LogP contribution in [0.1, 0.15) is 44.8 Å². The Kier molecular flexibility index (Phi) is 5.03. The van der Waals surface area contributed by atoms with Gasteiger partial charge in [0.1, 0.15) is 30.2 Å². The van der Waals surface area contributed by atoms with E-state index in [-0.39, 0.29) is 18.5 Å². The van der Waals surface area contributed by atoms with Gasteiger partial charge in [-0.15, -0.1) is 0 Å². The van der Waals surface area contributed by atoms with Crippen LogP contribution in [0.2, 0.25) is 0 Å². The van der Waals surface area contributed by atoms with Crippen LogP contribution in [0.25, 0.3) is 11.2 Å². The number of hydrogen-bond donors (Lipinski definition) is 3. The molecule has 1 saturated carbocycles. The van der Waals surface area contributed by atoms with Gasteiger partial charge < -0.3 is 25.4 Å². The predicted octanol–water partition coefficient (Wildman–Crippen LogP) is 0.767. The Morgan fingerprint density at radius 1 is 1.12 bits per heavy atom. The Hall–Kier alpha value is -1.81. The number of nitrogens with zero attached hydrogens (tertiary/aromatic N) is 4. The maximum Gasteiger partial charge on any atom is 0.167 e. The number of nitrogens with two attached hydrogens (primary N) is 1. The van der Waals surface area contributed by atoms with Crippen molar-refractivity contribution in [2.24, 2.45) is 0 Å². The first-order valence-electron chi connectivity index (χ1n) is 9.21. The molecule has 0 amide bonds. The normalized spacial score (nSPS) is 30.7. The zero-order valence-electron chi connectivity index (χ0n) is 14.6. The summed E-state index contributed by atoms with van der Waals surface area (Å²) in [5, 5.41) is 20.8. The molecule has 2 fully saturated rings. The SMILES string of the molecule is Nc1ncnc2c1ncn2[C@@H]1O[C@H](COC2CCCCCC2)[C@@H](O)[C@H]1O. The van der Waals surface area contributed by atoms with E-state index in [1.54, 1.807) is 4.57 Å². The molecule has 0 unspecified atom stereocenters. The Labute approximate surface area is 151 Å². The smallest absolute Gasteiger partial charge is 0.167 e. The molecule has 1 aliphatic heterocycles. The van der Waals surface area contributed by atoms with E-state index < -0.39 is 24.5 Å². The van der Waals surface area contributed by atoms with Crippen LogP contribution in [-0.4, -0.2) is 60.8 Å². The average Bonchev–Trinajstić information content (AvgIpc) is 3.06. The number of rotatable bonds is 4. The third-order valence-corrected chi connectivity index (χ3v) is 5.30. The lowest BCUT2D eigenvalue weighted by Gasteiger charge is -2.20. The molecule has 2 aromatic heterocycles. The van der Waals surface area contributed by atoms with Crippen molar-refractivity contribution >= 4 is 17.0 Å². The van der Waals surface area contributed by atoms with Crippen molar-refractivity contribution in [3.8, 4) is 0 Å². The molecule has 9 heteroatoms. The molecule has 9 nitrogen and oxygen atoms in total. The van der Waals surface area contributed by atoms with E-state index in [0.29, 0.717) is 11.2 Å². The molecule has 1 saturated heterocycles. The van der Waals surface area contributed by atoms with E-state index in [0.717, 1.165) is 12.8 Å². The maximum absolute atomic E-state index is 10.5. The van der Waals surface area contributed by atoms with Crippen LogP contribution in [0.5, 0.6) is 0 Å². The number of ether oxygens (including phenoxy) is 2. The molecule has 26 heavy (non-hydrogen) atoms. The monoisotopic (exact) mass is 363 g/mol. The Bertz CT molecular complexity index is 746. The van der Waals surface area contributed by atoms with Crippen LogP contribution in [0.3, 0.4) is 0 Å². The van der Waals surface area contributed by atoms with Crippen molar-refractivity contribution in [1.29, 1.82) is 0 Å². The van der Waals surface area contributed by atoms with Crippen molar-refractivity contribution in [3.05, 3.63) is 12.7 Å². The van der Waals surface area contributed by atoms with Gasteiger partial charge in [-0.1, -0.05) is 25.7 Å². The summed E-state index contributed by atoms with van der Waals surface area (Å²) >= 11 is 0. The van der Waals surface area contributed by atoms with Gasteiger partial charge >= 0.3 is 0 Å². The van der Waals surface area contributed by atoms with Gasteiger partial charge in [-0.05, 0) is 12.8 Å². The van der Waals surface area contributed by atoms with Crippen LogP contribution in [0.15, 0.2) is 12.7 Å². The predicted molar refractivity (Wildman–Crippen MR) is 93.1 cm³/mol. The van der Waals surface area contributed by atoms with Crippen LogP contribution < -0.4 is 5.73 Å². The van der Waals surface area contributed by atoms with Gasteiger partial charge in [0.2, 0.25) is 0 Å². The van der Waals surface area contributed by atoms with Crippen LogP contribution >= 0.6 is 0 Å². The number of nitrogen functional groups attached to an aromatic ring is 1. The number of anilines is 1. The molecule has 1 aliphatic carbocycles. The van der Waals surface area contributed by atoms with Crippen molar-refractivity contribution in [2.75, 3.05) is 12.3 Å². The fraction of sp³-hybridized carbons (Fsp3) is 0.706. The lowest BCUT2D eigenvalue weighted by atomic mass is 10.1. The summed E-state index contributed by atoms with van der Waals surface area (Å²) < 4.78 is 13.4. The quantitative estimate of drug-likeness (QED) is 0.679. The van der Waals surface area contributed by atoms with E-state index >= 15 is 0 Å². The van der Waals surface area contributed by atoms with Gasteiger partial charge in [0.15, 0.2) is 17.7 Å². The molecule has 0 bridgehead atoms. The Balaban J connectivity index is 1.46. The fourth-order valence-corrected chi connectivity index (χ4v) is 3.79. The standard InChI is InChI=1S/C17H25N5O4/c18-15-12-16(20-8-19-15)22(9-21-12)17-14(24)13(23)11(26-17)7-25-10-5-3-1-2-4-6-10/h8-11,13-14,17,23-24H,1-7H2,(H2,18,19,20)/t11-,13-,14-,17-/m1/s1. The second-order valence-corrected chi connectivity index (χ2v) is 7.08. The summed E-state index contributed by atoms with van der Waals surface area (Å²) in [6, 6.07) is 0. The van der Waals surface area contributed by atoms with Crippen molar-refractivity contribution in [2.45, 2.75) is 69.2 Å². The van der Waals surface area contributed by atoms with E-state index in [1.165, 1.54) is 38.3 Å². The van der Waals surface area contributed by atoms with E-state index in [9.17, 15) is 10.2 Å². The van der Waals surface area contributed by atoms with E-state index in [1.807, 2.05) is 0 Å². The maximum atomic E-state index is 10.5. The van der Waals surface area contributed by atoms with Crippen LogP contribution in [0.4, 0.5) is 5.82 Å². The minimum Gasteiger partial charge on any atom is -0.387 e. The fourth-order valence-electron chi connectivity index (χ4n) is 3.79. The summed E-state index contributed by atoms with van der Waals surface area (Å²) in [5.74, 6) is 0.259. The van der Waals surface area contributed by atoms with Gasteiger partial charge in [0.05, 0.1) is 19.0 Å². The molecule has 4 N–H and O–H groups in total. The van der Waals surface area contributed by atoms with Gasteiger partial charge in [0.25, 0.3) is 0 Å². The summed E-state index contributed by atoms with van der Waals surface area (Å²) in [4.78, 5) is 12.3. The zero-order valence-corrected chi connectivity index (χ0v) is 14.6. The lowest BCUT2D eigenvalue weighted by Crippen LogP contribution is -2.34. The van der Waals surface area contributed by atoms with Gasteiger partial charge in [-0.2, -0.15) is 0 Å². The summed E-state index contributed by atoms with van der Waals surface area (Å²) in [6.45, 7) is 0.253. The Morgan fingerprint density at radius 2 is 1.88 bits per heavy atom. The first-order valence-corrected chi connectivity index (χ1v) is 9.21. The first-order chi connectivity index (χ1) is 12.6. The van der Waals surface area contributed by atoms with Crippen LogP contribution in [0, 0.1) is 0 Å². The number of imidazole rings is 1. The third kappa shape index (κ3) is 3.27. The molecule has 0 spiro atoms. The van der Waals surface area contributed by atoms with E-state index in [4.69, 9.17) is 15.2 Å². The Morgan fingerprint density at radius 3 is 2.65 bits per heavy atom. The number of hydrogen-bond acceptors (Lipinski definition) is 8. The lowest BCUT2D eigenvalue weighted by molar-refractivity contribution is -0.0828. The highest BCUT2D eigenvalue weighted by Crippen LogP contribution is 2.32. The molecule has 4 atom stereocenters. The summed E-state index contributed by atoms with van der Waals surface area (Å²) in [6.07, 6.45) is 6.41. The highest BCUT2D eigenvalue weighted by atomic mass is 16.6. The molecule has 2 aliphatic rings. The molecule has 2 aromatic rings. The largest absolute Gasteiger partial charge is 0.387 e. The zero-order chi connectivity index (χ0) is 18.1. The molecule has 3 heterocycles. The highest BCUT2D eigenvalue weighted by molar-refractivity contribution is 5.81. The molecule has 4 rings (SSSR count). The number of fused-ring (bicyclic) bond motifs is 1. The van der Waals surface area contributed by atoms with E-state index in [2.05, 4.69) is 15.0 Å². The van der Waals surface area contributed by atoms with Gasteiger partial charge in [0, 0.05) is 0 Å².